The summed E-state index contributed by atoms with van der Waals surface area (Å²) in [6.45, 7) is 6.83. The molecule has 2 rings (SSSR count). The Bertz CT molecular complexity index is 1070. The number of methoxy groups -OCH3 is 1. The molecule has 0 saturated carbocycles. The number of hydrogen-bond donors (Lipinski definition) is 1. The minimum Gasteiger partial charge on any atom is -0.495 e. The van der Waals surface area contributed by atoms with Crippen molar-refractivity contribution >= 4 is 27.5 Å². The molecule has 0 aliphatic carbocycles. The maximum atomic E-state index is 13.5. The lowest BCUT2D eigenvalue weighted by Gasteiger charge is -2.32. The first-order valence-corrected chi connectivity index (χ1v) is 12.5. The molecule has 1 N–H and O–H groups in total. The molecule has 1 atom stereocenters. The number of ether oxygens (including phenoxy) is 1. The molecule has 1 unspecified atom stereocenters. The normalized spacial score (nSPS) is 12.2. The van der Waals surface area contributed by atoms with Gasteiger partial charge in [0.2, 0.25) is 21.8 Å². The number of hydrogen-bond acceptors (Lipinski definition) is 5. The van der Waals surface area contributed by atoms with Gasteiger partial charge in [-0.25, -0.2) is 8.42 Å². The van der Waals surface area contributed by atoms with Crippen LogP contribution in [0, 0.1) is 6.92 Å². The van der Waals surface area contributed by atoms with E-state index in [1.165, 1.54) is 12.0 Å². The topological polar surface area (TPSA) is 96.0 Å². The van der Waals surface area contributed by atoms with Gasteiger partial charge >= 0.3 is 0 Å². The largest absolute Gasteiger partial charge is 0.495 e. The number of rotatable bonds is 10. The molecule has 0 aromatic heterocycles. The molecule has 0 radical (unpaired) electrons. The number of anilines is 1. The van der Waals surface area contributed by atoms with E-state index in [1.54, 1.807) is 25.1 Å². The summed E-state index contributed by atoms with van der Waals surface area (Å²) in [5.74, 6) is -0.480. The molecule has 2 amide bonds. The van der Waals surface area contributed by atoms with Crippen molar-refractivity contribution in [1.29, 1.82) is 0 Å². The fourth-order valence-electron chi connectivity index (χ4n) is 3.36. The molecule has 0 heterocycles. The van der Waals surface area contributed by atoms with E-state index in [9.17, 15) is 18.0 Å². The predicted molar refractivity (Wildman–Crippen MR) is 130 cm³/mol. The molecule has 0 fully saturated rings. The average molecular weight is 476 g/mol. The number of benzene rings is 2. The van der Waals surface area contributed by atoms with Gasteiger partial charge in [0.15, 0.2) is 0 Å². The molecule has 0 saturated heterocycles. The number of nitrogens with zero attached hydrogens (tertiary/aromatic N) is 2. The van der Waals surface area contributed by atoms with Gasteiger partial charge in [0, 0.05) is 12.6 Å². The summed E-state index contributed by atoms with van der Waals surface area (Å²) in [7, 11) is -2.39. The molecule has 0 spiro atoms. The predicted octanol–water partition coefficient (Wildman–Crippen LogP) is 2.71. The second-order valence-electron chi connectivity index (χ2n) is 8.29. The Morgan fingerprint density at radius 1 is 1.06 bits per heavy atom. The van der Waals surface area contributed by atoms with Crippen LogP contribution in [0.1, 0.15) is 31.9 Å². The van der Waals surface area contributed by atoms with Crippen molar-refractivity contribution in [3.05, 3.63) is 59.7 Å². The lowest BCUT2D eigenvalue weighted by Crippen LogP contribution is -2.52. The molecule has 9 heteroatoms. The van der Waals surface area contributed by atoms with Gasteiger partial charge in [-0.3, -0.25) is 13.9 Å². The highest BCUT2D eigenvalue weighted by molar-refractivity contribution is 7.92. The Balaban J connectivity index is 2.44. The number of carbonyl (C=O) groups excluding carboxylic acids is 2. The Kier molecular flexibility index (Phi) is 8.87. The summed E-state index contributed by atoms with van der Waals surface area (Å²) >= 11 is 0. The molecular weight excluding hydrogens is 442 g/mol. The molecule has 0 bridgehead atoms. The first-order chi connectivity index (χ1) is 15.4. The van der Waals surface area contributed by atoms with E-state index in [0.717, 1.165) is 21.7 Å². The molecule has 2 aromatic rings. The number of carbonyl (C=O) groups is 2. The lowest BCUT2D eigenvalue weighted by atomic mass is 10.1. The van der Waals surface area contributed by atoms with Crippen molar-refractivity contribution in [1.82, 2.24) is 10.2 Å². The fourth-order valence-corrected chi connectivity index (χ4v) is 4.20. The smallest absolute Gasteiger partial charge is 0.244 e. The maximum absolute atomic E-state index is 13.5. The summed E-state index contributed by atoms with van der Waals surface area (Å²) < 4.78 is 31.8. The summed E-state index contributed by atoms with van der Waals surface area (Å²) in [6, 6.07) is 13.5. The standard InChI is InChI=1S/C24H33N3O5S/c1-17(2)25-24(29)19(4)26(15-20-10-8-7-9-11-20)23(28)16-27(33(6,30)31)21-14-18(3)12-13-22(21)32-5/h7-14,17,19H,15-16H2,1-6H3,(H,25,29). The lowest BCUT2D eigenvalue weighted by molar-refractivity contribution is -0.139. The minimum atomic E-state index is -3.83. The second kappa shape index (κ2) is 11.2. The zero-order valence-corrected chi connectivity index (χ0v) is 20.8. The molecule has 33 heavy (non-hydrogen) atoms. The van der Waals surface area contributed by atoms with Crippen LogP contribution in [0.15, 0.2) is 48.5 Å². The minimum absolute atomic E-state index is 0.0994. The van der Waals surface area contributed by atoms with Crippen LogP contribution in [0.25, 0.3) is 0 Å². The van der Waals surface area contributed by atoms with Gasteiger partial charge < -0.3 is 15.0 Å². The Labute approximate surface area is 196 Å². The van der Waals surface area contributed by atoms with E-state index in [1.807, 2.05) is 51.1 Å². The van der Waals surface area contributed by atoms with Crippen LogP contribution < -0.4 is 14.4 Å². The Morgan fingerprint density at radius 3 is 2.24 bits per heavy atom. The first kappa shape index (κ1) is 26.2. The van der Waals surface area contributed by atoms with Crippen molar-refractivity contribution in [2.45, 2.75) is 46.3 Å². The highest BCUT2D eigenvalue weighted by atomic mass is 32.2. The van der Waals surface area contributed by atoms with Crippen molar-refractivity contribution in [3.8, 4) is 5.75 Å². The van der Waals surface area contributed by atoms with Crippen molar-refractivity contribution < 1.29 is 22.7 Å². The van der Waals surface area contributed by atoms with Crippen LogP contribution >= 0.6 is 0 Å². The van der Waals surface area contributed by atoms with Crippen molar-refractivity contribution in [3.63, 3.8) is 0 Å². The van der Waals surface area contributed by atoms with Crippen molar-refractivity contribution in [2.24, 2.45) is 0 Å². The SMILES string of the molecule is COc1ccc(C)cc1N(CC(=O)N(Cc1ccccc1)C(C)C(=O)NC(C)C)S(C)(=O)=O. The summed E-state index contributed by atoms with van der Waals surface area (Å²) in [6.07, 6.45) is 1.04. The van der Waals surface area contributed by atoms with Crippen LogP contribution in [-0.2, 0) is 26.2 Å². The summed E-state index contributed by atoms with van der Waals surface area (Å²) in [5.41, 5.74) is 1.92. The number of nitrogens with one attached hydrogen (secondary N) is 1. The second-order valence-corrected chi connectivity index (χ2v) is 10.2. The quantitative estimate of drug-likeness (QED) is 0.570. The van der Waals surface area contributed by atoms with Gasteiger partial charge in [0.1, 0.15) is 18.3 Å². The van der Waals surface area contributed by atoms with E-state index in [-0.39, 0.29) is 24.2 Å². The molecule has 180 valence electrons. The van der Waals surface area contributed by atoms with Crippen LogP contribution in [0.2, 0.25) is 0 Å². The first-order valence-electron chi connectivity index (χ1n) is 10.7. The van der Waals surface area contributed by atoms with E-state index < -0.39 is 28.5 Å². The van der Waals surface area contributed by atoms with Crippen LogP contribution in [0.4, 0.5) is 5.69 Å². The Hall–Kier alpha value is -3.07. The Morgan fingerprint density at radius 2 is 1.70 bits per heavy atom. The highest BCUT2D eigenvalue weighted by Crippen LogP contribution is 2.31. The van der Waals surface area contributed by atoms with Crippen LogP contribution in [0.3, 0.4) is 0 Å². The molecule has 0 aliphatic rings. The van der Waals surface area contributed by atoms with Crippen LogP contribution in [0.5, 0.6) is 5.75 Å². The van der Waals surface area contributed by atoms with Gasteiger partial charge in [0.25, 0.3) is 0 Å². The summed E-state index contributed by atoms with van der Waals surface area (Å²) in [5, 5.41) is 2.82. The highest BCUT2D eigenvalue weighted by Gasteiger charge is 2.31. The molecule has 2 aromatic carbocycles. The van der Waals surface area contributed by atoms with Crippen LogP contribution in [-0.4, -0.2) is 57.1 Å². The average Bonchev–Trinajstić information content (AvgIpc) is 2.74. The van der Waals surface area contributed by atoms with Gasteiger partial charge in [-0.15, -0.1) is 0 Å². The fraction of sp³-hybridized carbons (Fsp3) is 0.417. The molecule has 8 nitrogen and oxygen atoms in total. The summed E-state index contributed by atoms with van der Waals surface area (Å²) in [4.78, 5) is 27.6. The molecule has 0 aliphatic heterocycles. The van der Waals surface area contributed by atoms with E-state index in [4.69, 9.17) is 4.74 Å². The maximum Gasteiger partial charge on any atom is 0.244 e. The zero-order chi connectivity index (χ0) is 24.8. The third kappa shape index (κ3) is 7.21. The van der Waals surface area contributed by atoms with Gasteiger partial charge in [0.05, 0.1) is 19.1 Å². The third-order valence-electron chi connectivity index (χ3n) is 5.08. The number of amides is 2. The third-order valence-corrected chi connectivity index (χ3v) is 6.20. The van der Waals surface area contributed by atoms with Gasteiger partial charge in [-0.05, 0) is 51.0 Å². The molecular formula is C24H33N3O5S. The van der Waals surface area contributed by atoms with E-state index >= 15 is 0 Å². The van der Waals surface area contributed by atoms with Gasteiger partial charge in [-0.2, -0.15) is 0 Å². The van der Waals surface area contributed by atoms with Gasteiger partial charge in [-0.1, -0.05) is 36.4 Å². The monoisotopic (exact) mass is 475 g/mol. The van der Waals surface area contributed by atoms with E-state index in [0.29, 0.717) is 5.75 Å². The zero-order valence-electron chi connectivity index (χ0n) is 20.0. The van der Waals surface area contributed by atoms with E-state index in [2.05, 4.69) is 5.32 Å². The van der Waals surface area contributed by atoms with Crippen molar-refractivity contribution in [2.75, 3.05) is 24.2 Å². The number of sulfonamides is 1. The number of aryl methyl sites for hydroxylation is 1.